The van der Waals surface area contributed by atoms with Crippen molar-refractivity contribution in [2.45, 2.75) is 13.8 Å². The number of aromatic carboxylic acids is 1. The maximum absolute atomic E-state index is 10.7. The van der Waals surface area contributed by atoms with Gasteiger partial charge in [-0.3, -0.25) is 0 Å². The molecule has 2 heterocycles. The van der Waals surface area contributed by atoms with Gasteiger partial charge in [-0.1, -0.05) is 0 Å². The Labute approximate surface area is 90.8 Å². The number of aromatic nitrogens is 2. The summed E-state index contributed by atoms with van der Waals surface area (Å²) >= 11 is 1.21. The van der Waals surface area contributed by atoms with E-state index in [2.05, 4.69) is 5.10 Å². The fourth-order valence-electron chi connectivity index (χ4n) is 1.44. The lowest BCUT2D eigenvalue weighted by atomic mass is 10.4. The lowest BCUT2D eigenvalue weighted by Crippen LogP contribution is -1.97. The highest BCUT2D eigenvalue weighted by Gasteiger charge is 2.10. The molecule has 0 unspecified atom stereocenters. The van der Waals surface area contributed by atoms with Crippen LogP contribution in [-0.2, 0) is 0 Å². The Hall–Kier alpha value is -1.62. The third-order valence-corrected chi connectivity index (χ3v) is 2.96. The smallest absolute Gasteiger partial charge is 0.345 e. The zero-order chi connectivity index (χ0) is 11.0. The van der Waals surface area contributed by atoms with Gasteiger partial charge in [-0.15, -0.1) is 11.3 Å². The minimum absolute atomic E-state index is 0.331. The normalized spacial score (nSPS) is 10.5. The van der Waals surface area contributed by atoms with Crippen LogP contribution in [0.15, 0.2) is 17.5 Å². The maximum atomic E-state index is 10.7. The molecule has 0 aliphatic carbocycles. The maximum Gasteiger partial charge on any atom is 0.345 e. The molecule has 0 saturated carbocycles. The summed E-state index contributed by atoms with van der Waals surface area (Å²) in [7, 11) is 0. The molecule has 2 rings (SSSR count). The molecule has 0 radical (unpaired) electrons. The van der Waals surface area contributed by atoms with Crippen LogP contribution >= 0.6 is 11.3 Å². The first-order valence-corrected chi connectivity index (χ1v) is 5.31. The third kappa shape index (κ3) is 1.78. The van der Waals surface area contributed by atoms with Gasteiger partial charge in [0.15, 0.2) is 0 Å². The summed E-state index contributed by atoms with van der Waals surface area (Å²) in [5.74, 6) is -0.896. The average Bonchev–Trinajstić information content (AvgIpc) is 2.71. The van der Waals surface area contributed by atoms with Crippen LogP contribution in [-0.4, -0.2) is 20.9 Å². The van der Waals surface area contributed by atoms with Crippen molar-refractivity contribution in [1.29, 1.82) is 0 Å². The second-order valence-electron chi connectivity index (χ2n) is 3.31. The third-order valence-electron chi connectivity index (χ3n) is 2.05. The number of aryl methyl sites for hydroxylation is 2. The number of thiophene rings is 1. The molecule has 15 heavy (non-hydrogen) atoms. The van der Waals surface area contributed by atoms with Crippen LogP contribution in [0.25, 0.3) is 5.69 Å². The molecule has 78 valence electrons. The van der Waals surface area contributed by atoms with E-state index in [9.17, 15) is 4.79 Å². The van der Waals surface area contributed by atoms with Gasteiger partial charge in [0.2, 0.25) is 0 Å². The molecule has 0 amide bonds. The lowest BCUT2D eigenvalue weighted by Gasteiger charge is -1.98. The SMILES string of the molecule is Cc1cc(C)n(-c2csc(C(=O)O)c2)n1. The largest absolute Gasteiger partial charge is 0.477 e. The molecule has 0 aliphatic heterocycles. The summed E-state index contributed by atoms with van der Waals surface area (Å²) in [4.78, 5) is 11.0. The second kappa shape index (κ2) is 3.51. The fourth-order valence-corrected chi connectivity index (χ4v) is 2.14. The van der Waals surface area contributed by atoms with Crippen molar-refractivity contribution in [2.75, 3.05) is 0 Å². The molecule has 0 bridgehead atoms. The standard InChI is InChI=1S/C10H10N2O2S/c1-6-3-7(2)12(11-6)8-4-9(10(13)14)15-5-8/h3-5H,1-2H3,(H,13,14). The summed E-state index contributed by atoms with van der Waals surface area (Å²) in [6.07, 6.45) is 0. The summed E-state index contributed by atoms with van der Waals surface area (Å²) in [5, 5.41) is 14.9. The summed E-state index contributed by atoms with van der Waals surface area (Å²) in [6.45, 7) is 3.85. The predicted molar refractivity (Wildman–Crippen MR) is 57.9 cm³/mol. The molecular weight excluding hydrogens is 212 g/mol. The molecule has 1 N–H and O–H groups in total. The van der Waals surface area contributed by atoms with E-state index in [1.165, 1.54) is 11.3 Å². The van der Waals surface area contributed by atoms with Gasteiger partial charge >= 0.3 is 5.97 Å². The van der Waals surface area contributed by atoms with E-state index >= 15 is 0 Å². The van der Waals surface area contributed by atoms with Crippen LogP contribution in [0.4, 0.5) is 0 Å². The number of carboxylic acid groups (broad SMARTS) is 1. The monoisotopic (exact) mass is 222 g/mol. The predicted octanol–water partition coefficient (Wildman–Crippen LogP) is 2.25. The van der Waals surface area contributed by atoms with Crippen molar-refractivity contribution >= 4 is 17.3 Å². The lowest BCUT2D eigenvalue weighted by molar-refractivity contribution is 0.0702. The van der Waals surface area contributed by atoms with Crippen LogP contribution in [0.3, 0.4) is 0 Å². The molecule has 0 aromatic carbocycles. The van der Waals surface area contributed by atoms with Gasteiger partial charge in [0.1, 0.15) is 4.88 Å². The molecule has 0 fully saturated rings. The molecule has 2 aromatic rings. The van der Waals surface area contributed by atoms with E-state index in [0.29, 0.717) is 4.88 Å². The quantitative estimate of drug-likeness (QED) is 0.847. The summed E-state index contributed by atoms with van der Waals surface area (Å²) in [5.41, 5.74) is 2.74. The van der Waals surface area contributed by atoms with Crippen molar-refractivity contribution in [3.8, 4) is 5.69 Å². The van der Waals surface area contributed by atoms with E-state index in [1.54, 1.807) is 16.1 Å². The van der Waals surface area contributed by atoms with Crippen LogP contribution in [0.2, 0.25) is 0 Å². The van der Waals surface area contributed by atoms with Crippen LogP contribution in [0, 0.1) is 13.8 Å². The Morgan fingerprint density at radius 2 is 2.20 bits per heavy atom. The topological polar surface area (TPSA) is 55.1 Å². The number of rotatable bonds is 2. The first kappa shape index (κ1) is 9.92. The second-order valence-corrected chi connectivity index (χ2v) is 4.22. The Morgan fingerprint density at radius 3 is 2.67 bits per heavy atom. The zero-order valence-electron chi connectivity index (χ0n) is 8.39. The Kier molecular flexibility index (Phi) is 2.32. The van der Waals surface area contributed by atoms with Crippen molar-refractivity contribution in [3.05, 3.63) is 33.8 Å². The number of hydrogen-bond acceptors (Lipinski definition) is 3. The van der Waals surface area contributed by atoms with Crippen LogP contribution < -0.4 is 0 Å². The fraction of sp³-hybridized carbons (Fsp3) is 0.200. The van der Waals surface area contributed by atoms with E-state index in [1.807, 2.05) is 19.9 Å². The van der Waals surface area contributed by atoms with Crippen molar-refractivity contribution < 1.29 is 9.90 Å². The number of carboxylic acids is 1. The highest BCUT2D eigenvalue weighted by Crippen LogP contribution is 2.19. The zero-order valence-corrected chi connectivity index (χ0v) is 9.21. The van der Waals surface area contributed by atoms with Crippen LogP contribution in [0.5, 0.6) is 0 Å². The average molecular weight is 222 g/mol. The highest BCUT2D eigenvalue weighted by molar-refractivity contribution is 7.12. The van der Waals surface area contributed by atoms with Gasteiger partial charge < -0.3 is 5.11 Å². The van der Waals surface area contributed by atoms with Gasteiger partial charge in [-0.05, 0) is 26.0 Å². The molecule has 2 aromatic heterocycles. The highest BCUT2D eigenvalue weighted by atomic mass is 32.1. The van der Waals surface area contributed by atoms with E-state index in [-0.39, 0.29) is 0 Å². The summed E-state index contributed by atoms with van der Waals surface area (Å²) in [6, 6.07) is 3.59. The van der Waals surface area contributed by atoms with Gasteiger partial charge in [0.25, 0.3) is 0 Å². The first-order valence-electron chi connectivity index (χ1n) is 4.43. The van der Waals surface area contributed by atoms with Gasteiger partial charge in [0, 0.05) is 11.1 Å². The van der Waals surface area contributed by atoms with Gasteiger partial charge in [-0.25, -0.2) is 9.48 Å². The number of carbonyl (C=O) groups is 1. The Balaban J connectivity index is 2.45. The van der Waals surface area contributed by atoms with Gasteiger partial charge in [-0.2, -0.15) is 5.10 Å². The van der Waals surface area contributed by atoms with E-state index < -0.39 is 5.97 Å². The van der Waals surface area contributed by atoms with Crippen LogP contribution in [0.1, 0.15) is 21.1 Å². The Morgan fingerprint density at radius 1 is 1.47 bits per heavy atom. The molecular formula is C10H10N2O2S. The molecule has 0 aliphatic rings. The number of nitrogens with zero attached hydrogens (tertiary/aromatic N) is 2. The minimum Gasteiger partial charge on any atom is -0.477 e. The Bertz CT molecular complexity index is 513. The van der Waals surface area contributed by atoms with Crippen molar-refractivity contribution in [2.24, 2.45) is 0 Å². The molecule has 0 spiro atoms. The first-order chi connectivity index (χ1) is 7.08. The van der Waals surface area contributed by atoms with E-state index in [4.69, 9.17) is 5.11 Å². The number of hydrogen-bond donors (Lipinski definition) is 1. The van der Waals surface area contributed by atoms with E-state index in [0.717, 1.165) is 17.1 Å². The van der Waals surface area contributed by atoms with Gasteiger partial charge in [0.05, 0.1) is 11.4 Å². The summed E-state index contributed by atoms with van der Waals surface area (Å²) < 4.78 is 1.75. The molecule has 0 atom stereocenters. The molecule has 5 heteroatoms. The minimum atomic E-state index is -0.896. The van der Waals surface area contributed by atoms with Crippen molar-refractivity contribution in [1.82, 2.24) is 9.78 Å². The molecule has 4 nitrogen and oxygen atoms in total. The molecule has 0 saturated heterocycles. The van der Waals surface area contributed by atoms with Crippen molar-refractivity contribution in [3.63, 3.8) is 0 Å².